The summed E-state index contributed by atoms with van der Waals surface area (Å²) in [7, 11) is 1.80. The molecule has 0 spiro atoms. The largest absolute Gasteiger partial charge is 0.507 e. The van der Waals surface area contributed by atoms with Gasteiger partial charge in [0, 0.05) is 24.5 Å². The molecule has 0 atom stereocenters. The number of hydrogen-bond donors (Lipinski definition) is 5. The number of phenols is 2. The van der Waals surface area contributed by atoms with Crippen LogP contribution in [0.1, 0.15) is 66.0 Å². The summed E-state index contributed by atoms with van der Waals surface area (Å²) in [5.74, 6) is -1.84. The van der Waals surface area contributed by atoms with Gasteiger partial charge in [0.15, 0.2) is 0 Å². The monoisotopic (exact) mass is 401 g/mol. The van der Waals surface area contributed by atoms with Crippen LogP contribution in [-0.4, -0.2) is 41.9 Å². The first-order chi connectivity index (χ1) is 13.9. The first-order valence-electron chi connectivity index (χ1n) is 9.84. The summed E-state index contributed by atoms with van der Waals surface area (Å²) in [5, 5.41) is 26.1. The lowest BCUT2D eigenvalue weighted by atomic mass is 9.81. The van der Waals surface area contributed by atoms with E-state index >= 15 is 0 Å². The maximum atomic E-state index is 12.9. The molecule has 0 aliphatic heterocycles. The first-order valence-corrected chi connectivity index (χ1v) is 9.84. The number of carbonyl (C=O) groups excluding carboxylic acids is 2. The molecule has 0 saturated heterocycles. The average Bonchev–Trinajstić information content (AvgIpc) is 2.71. The molecule has 1 aliphatic rings. The third kappa shape index (κ3) is 4.86. The van der Waals surface area contributed by atoms with Crippen LogP contribution >= 0.6 is 0 Å². The Morgan fingerprint density at radius 1 is 0.828 bits per heavy atom. The average molecular weight is 402 g/mol. The maximum absolute atomic E-state index is 12.9. The number of nitrogens with one attached hydrogen (secondary N) is 2. The van der Waals surface area contributed by atoms with Crippen molar-refractivity contribution in [2.24, 2.45) is 0 Å². The molecule has 7 nitrogen and oxygen atoms in total. The minimum atomic E-state index is -0.581. The lowest BCUT2D eigenvalue weighted by Crippen LogP contribution is -2.25. The number of ketones is 2. The van der Waals surface area contributed by atoms with Crippen LogP contribution in [0.4, 0.5) is 11.4 Å². The number of nitrogen functional groups attached to an aromatic ring is 1. The van der Waals surface area contributed by atoms with Crippen LogP contribution < -0.4 is 16.4 Å². The Kier molecular flexibility index (Phi) is 9.15. The number of aromatic hydroxyl groups is 2. The van der Waals surface area contributed by atoms with E-state index in [1.165, 1.54) is 24.6 Å². The van der Waals surface area contributed by atoms with E-state index in [2.05, 4.69) is 24.5 Å². The Bertz CT molecular complexity index is 879. The number of carbonyl (C=O) groups is 2. The molecule has 0 heterocycles. The summed E-state index contributed by atoms with van der Waals surface area (Å²) >= 11 is 0. The third-order valence-electron chi connectivity index (χ3n) is 4.00. The molecule has 0 unspecified atom stereocenters. The molecule has 0 amide bonds. The number of anilines is 2. The van der Waals surface area contributed by atoms with Gasteiger partial charge in [-0.05, 0) is 31.3 Å². The normalized spacial score (nSPS) is 11.3. The van der Waals surface area contributed by atoms with Crippen LogP contribution in [-0.2, 0) is 0 Å². The van der Waals surface area contributed by atoms with Gasteiger partial charge in [-0.25, -0.2) is 0 Å². The van der Waals surface area contributed by atoms with Crippen molar-refractivity contribution in [3.63, 3.8) is 0 Å². The minimum Gasteiger partial charge on any atom is -0.507 e. The maximum Gasteiger partial charge on any atom is 0.200 e. The predicted octanol–water partition coefficient (Wildman–Crippen LogP) is 3.53. The van der Waals surface area contributed by atoms with E-state index in [-0.39, 0.29) is 39.4 Å². The van der Waals surface area contributed by atoms with Crippen molar-refractivity contribution in [1.29, 1.82) is 0 Å². The fourth-order valence-electron chi connectivity index (χ4n) is 2.86. The molecular formula is C22H31N3O4. The number of phenolic OH excluding ortho intramolecular Hbond substituents is 2. The van der Waals surface area contributed by atoms with Gasteiger partial charge in [0.25, 0.3) is 0 Å². The summed E-state index contributed by atoms with van der Waals surface area (Å²) in [6.45, 7) is 9.44. The molecule has 0 saturated carbocycles. The van der Waals surface area contributed by atoms with E-state index in [4.69, 9.17) is 5.73 Å². The Morgan fingerprint density at radius 3 is 1.79 bits per heavy atom. The fraction of sp³-hybridized carbons (Fsp3) is 0.364. The van der Waals surface area contributed by atoms with E-state index in [9.17, 15) is 19.8 Å². The standard InChI is InChI=1S/C17H17N3O4.C3H8.C2H6/c1-19-6-7-20-9-3-2-8(18)12-13(9)17(24)15-11(22)5-4-10(21)14(15)16(12)23;1-3-2;1-2/h2-5,19-22H,6-7,18H2,1H3;3H2,1-2H3;1-2H3. The molecule has 0 radical (unpaired) electrons. The highest BCUT2D eigenvalue weighted by molar-refractivity contribution is 6.33. The number of hydrogen-bond acceptors (Lipinski definition) is 7. The summed E-state index contributed by atoms with van der Waals surface area (Å²) in [5.41, 5.74) is 6.26. The molecule has 6 N–H and O–H groups in total. The van der Waals surface area contributed by atoms with Crippen molar-refractivity contribution in [2.45, 2.75) is 34.1 Å². The lowest BCUT2D eigenvalue weighted by molar-refractivity contribution is 0.0975. The Balaban J connectivity index is 0.000000771. The van der Waals surface area contributed by atoms with Crippen LogP contribution in [0.15, 0.2) is 24.3 Å². The second-order valence-corrected chi connectivity index (χ2v) is 6.20. The first kappa shape index (κ1) is 24.0. The number of likely N-dealkylation sites (N-methyl/N-ethyl adjacent to an activating group) is 1. The van der Waals surface area contributed by atoms with Gasteiger partial charge in [-0.1, -0.05) is 34.1 Å². The molecule has 0 fully saturated rings. The van der Waals surface area contributed by atoms with Crippen LogP contribution in [0.3, 0.4) is 0 Å². The van der Waals surface area contributed by atoms with E-state index in [1.807, 2.05) is 13.8 Å². The fourth-order valence-corrected chi connectivity index (χ4v) is 2.86. The van der Waals surface area contributed by atoms with Gasteiger partial charge >= 0.3 is 0 Å². The number of fused-ring (bicyclic) bond motifs is 2. The van der Waals surface area contributed by atoms with E-state index in [0.717, 1.165) is 0 Å². The highest BCUT2D eigenvalue weighted by Crippen LogP contribution is 2.41. The predicted molar refractivity (Wildman–Crippen MR) is 117 cm³/mol. The summed E-state index contributed by atoms with van der Waals surface area (Å²) in [4.78, 5) is 25.7. The summed E-state index contributed by atoms with van der Waals surface area (Å²) in [6, 6.07) is 5.52. The highest BCUT2D eigenvalue weighted by Gasteiger charge is 2.37. The van der Waals surface area contributed by atoms with Gasteiger partial charge in [0.2, 0.25) is 11.6 Å². The molecule has 158 valence electrons. The van der Waals surface area contributed by atoms with Crippen molar-refractivity contribution in [3.8, 4) is 11.5 Å². The van der Waals surface area contributed by atoms with Crippen LogP contribution in [0.5, 0.6) is 11.5 Å². The van der Waals surface area contributed by atoms with E-state index in [0.29, 0.717) is 18.8 Å². The van der Waals surface area contributed by atoms with Crippen LogP contribution in [0.25, 0.3) is 0 Å². The third-order valence-corrected chi connectivity index (χ3v) is 4.00. The molecule has 0 bridgehead atoms. The second-order valence-electron chi connectivity index (χ2n) is 6.20. The van der Waals surface area contributed by atoms with Crippen molar-refractivity contribution < 1.29 is 19.8 Å². The van der Waals surface area contributed by atoms with Gasteiger partial charge in [-0.15, -0.1) is 0 Å². The molecule has 29 heavy (non-hydrogen) atoms. The van der Waals surface area contributed by atoms with Gasteiger partial charge in [-0.2, -0.15) is 0 Å². The van der Waals surface area contributed by atoms with Crippen molar-refractivity contribution in [2.75, 3.05) is 31.2 Å². The zero-order valence-corrected chi connectivity index (χ0v) is 17.7. The van der Waals surface area contributed by atoms with Crippen LogP contribution in [0, 0.1) is 0 Å². The van der Waals surface area contributed by atoms with Crippen molar-refractivity contribution >= 4 is 22.9 Å². The number of rotatable bonds is 4. The zero-order valence-electron chi connectivity index (χ0n) is 17.7. The molecule has 2 aromatic carbocycles. The molecular weight excluding hydrogens is 370 g/mol. The molecule has 2 aromatic rings. The SMILES string of the molecule is CC.CCC.CNCCNc1ccc(N)c2c1C(=O)c1c(O)ccc(O)c1C2=O. The Hall–Kier alpha value is -3.06. The van der Waals surface area contributed by atoms with Crippen molar-refractivity contribution in [1.82, 2.24) is 5.32 Å². The van der Waals surface area contributed by atoms with Gasteiger partial charge in [0.1, 0.15) is 11.5 Å². The number of benzene rings is 2. The topological polar surface area (TPSA) is 125 Å². The highest BCUT2D eigenvalue weighted by atomic mass is 16.3. The quantitative estimate of drug-likeness (QED) is 0.257. The van der Waals surface area contributed by atoms with Gasteiger partial charge < -0.3 is 26.6 Å². The van der Waals surface area contributed by atoms with E-state index < -0.39 is 11.6 Å². The zero-order chi connectivity index (χ0) is 22.1. The summed E-state index contributed by atoms with van der Waals surface area (Å²) in [6.07, 6.45) is 1.25. The van der Waals surface area contributed by atoms with Crippen molar-refractivity contribution in [3.05, 3.63) is 46.5 Å². The second kappa shape index (κ2) is 11.1. The smallest absolute Gasteiger partial charge is 0.200 e. The molecule has 0 aromatic heterocycles. The molecule has 3 rings (SSSR count). The minimum absolute atomic E-state index is 0.0443. The van der Waals surface area contributed by atoms with Gasteiger partial charge in [-0.3, -0.25) is 9.59 Å². The Morgan fingerprint density at radius 2 is 1.31 bits per heavy atom. The molecule has 7 heteroatoms. The summed E-state index contributed by atoms with van der Waals surface area (Å²) < 4.78 is 0. The number of nitrogens with two attached hydrogens (primary N) is 1. The van der Waals surface area contributed by atoms with E-state index in [1.54, 1.807) is 13.1 Å². The molecule has 1 aliphatic carbocycles. The lowest BCUT2D eigenvalue weighted by Gasteiger charge is -2.23. The van der Waals surface area contributed by atoms with Crippen LogP contribution in [0.2, 0.25) is 0 Å². The van der Waals surface area contributed by atoms with Gasteiger partial charge in [0.05, 0.1) is 22.3 Å². The Labute approximate surface area is 171 Å².